The minimum absolute atomic E-state index is 0.0834. The fraction of sp³-hybridized carbons (Fsp3) is 0.0769. The first-order valence-electron chi connectivity index (χ1n) is 5.39. The van der Waals surface area contributed by atoms with Crippen LogP contribution in [0, 0.1) is 6.92 Å². The first kappa shape index (κ1) is 11.9. The molecule has 5 nitrogen and oxygen atoms in total. The average molecular weight is 243 g/mol. The highest BCUT2D eigenvalue weighted by atomic mass is 16.4. The van der Waals surface area contributed by atoms with Crippen LogP contribution in [0.3, 0.4) is 0 Å². The van der Waals surface area contributed by atoms with Gasteiger partial charge in [0.1, 0.15) is 0 Å². The minimum Gasteiger partial charge on any atom is -0.478 e. The molecule has 0 bridgehead atoms. The van der Waals surface area contributed by atoms with Crippen LogP contribution in [0.15, 0.2) is 36.5 Å². The van der Waals surface area contributed by atoms with Crippen molar-refractivity contribution in [3.8, 4) is 0 Å². The predicted octanol–water partition coefficient (Wildman–Crippen LogP) is 2.41. The summed E-state index contributed by atoms with van der Waals surface area (Å²) in [5, 5.41) is 12.0. The molecule has 18 heavy (non-hydrogen) atoms. The Morgan fingerprint density at radius 2 is 2.00 bits per heavy atom. The lowest BCUT2D eigenvalue weighted by Crippen LogP contribution is -2.03. The van der Waals surface area contributed by atoms with Gasteiger partial charge in [-0.2, -0.15) is 0 Å². The number of rotatable bonds is 3. The zero-order valence-electron chi connectivity index (χ0n) is 9.84. The summed E-state index contributed by atoms with van der Waals surface area (Å²) in [6, 6.07) is 8.53. The molecule has 1 aromatic carbocycles. The van der Waals surface area contributed by atoms with Gasteiger partial charge in [0.05, 0.1) is 17.4 Å². The number of aromatic carboxylic acids is 1. The minimum atomic E-state index is -1.04. The Morgan fingerprint density at radius 1 is 1.28 bits per heavy atom. The topological polar surface area (TPSA) is 88.2 Å². The van der Waals surface area contributed by atoms with Crippen LogP contribution < -0.4 is 11.1 Å². The summed E-state index contributed by atoms with van der Waals surface area (Å²) >= 11 is 0. The van der Waals surface area contributed by atoms with Gasteiger partial charge in [-0.15, -0.1) is 0 Å². The van der Waals surface area contributed by atoms with Gasteiger partial charge in [-0.05, 0) is 37.3 Å². The number of nitrogens with two attached hydrogens (primary N) is 1. The summed E-state index contributed by atoms with van der Waals surface area (Å²) < 4.78 is 0. The van der Waals surface area contributed by atoms with Crippen LogP contribution in [-0.4, -0.2) is 16.1 Å². The Hall–Kier alpha value is -2.56. The number of nitrogens with one attached hydrogen (secondary N) is 1. The number of anilines is 3. The van der Waals surface area contributed by atoms with Crippen molar-refractivity contribution in [2.75, 3.05) is 11.1 Å². The molecule has 1 heterocycles. The molecule has 0 aliphatic carbocycles. The molecule has 2 rings (SSSR count). The predicted molar refractivity (Wildman–Crippen MR) is 70.1 cm³/mol. The van der Waals surface area contributed by atoms with Crippen molar-refractivity contribution >= 4 is 23.0 Å². The molecule has 0 amide bonds. The number of hydrogen-bond acceptors (Lipinski definition) is 4. The van der Waals surface area contributed by atoms with Crippen LogP contribution in [-0.2, 0) is 0 Å². The molecule has 5 heteroatoms. The third kappa shape index (κ3) is 2.57. The van der Waals surface area contributed by atoms with Gasteiger partial charge in [-0.3, -0.25) is 4.98 Å². The van der Waals surface area contributed by atoms with E-state index < -0.39 is 5.97 Å². The van der Waals surface area contributed by atoms with Crippen molar-refractivity contribution in [1.82, 2.24) is 4.98 Å². The van der Waals surface area contributed by atoms with E-state index in [2.05, 4.69) is 10.3 Å². The average Bonchev–Trinajstić information content (AvgIpc) is 2.34. The van der Waals surface area contributed by atoms with E-state index >= 15 is 0 Å². The molecule has 0 atom stereocenters. The molecular weight excluding hydrogens is 230 g/mol. The van der Waals surface area contributed by atoms with Gasteiger partial charge in [0.25, 0.3) is 0 Å². The number of nitrogens with zero attached hydrogens (tertiary/aromatic N) is 1. The summed E-state index contributed by atoms with van der Waals surface area (Å²) in [6.45, 7) is 1.90. The molecule has 0 aliphatic heterocycles. The fourth-order valence-corrected chi connectivity index (χ4v) is 1.53. The van der Waals surface area contributed by atoms with E-state index in [0.29, 0.717) is 5.69 Å². The third-order valence-corrected chi connectivity index (χ3v) is 2.48. The van der Waals surface area contributed by atoms with E-state index in [1.54, 1.807) is 18.3 Å². The van der Waals surface area contributed by atoms with E-state index in [1.165, 1.54) is 6.07 Å². The Bertz CT molecular complexity index is 579. The van der Waals surface area contributed by atoms with Crippen LogP contribution in [0.25, 0.3) is 0 Å². The monoisotopic (exact) mass is 243 g/mol. The second-order valence-corrected chi connectivity index (χ2v) is 3.92. The number of carboxylic acids is 1. The molecule has 0 radical (unpaired) electrons. The van der Waals surface area contributed by atoms with Crippen molar-refractivity contribution < 1.29 is 9.90 Å². The van der Waals surface area contributed by atoms with E-state index in [4.69, 9.17) is 10.8 Å². The van der Waals surface area contributed by atoms with Gasteiger partial charge >= 0.3 is 5.97 Å². The van der Waals surface area contributed by atoms with Gasteiger partial charge in [0.15, 0.2) is 0 Å². The lowest BCUT2D eigenvalue weighted by molar-refractivity contribution is 0.0698. The SMILES string of the molecule is Cc1ccc(Nc2ccc(N)c(C(=O)O)c2)cn1. The smallest absolute Gasteiger partial charge is 0.337 e. The number of aryl methyl sites for hydroxylation is 1. The quantitative estimate of drug-likeness (QED) is 0.720. The normalized spacial score (nSPS) is 10.1. The molecule has 0 saturated carbocycles. The van der Waals surface area contributed by atoms with Crippen LogP contribution in [0.1, 0.15) is 16.1 Å². The zero-order valence-corrected chi connectivity index (χ0v) is 9.84. The maximum absolute atomic E-state index is 11.0. The van der Waals surface area contributed by atoms with Gasteiger partial charge in [-0.25, -0.2) is 4.79 Å². The molecule has 0 aliphatic rings. The largest absolute Gasteiger partial charge is 0.478 e. The molecule has 92 valence electrons. The lowest BCUT2D eigenvalue weighted by Gasteiger charge is -2.08. The molecule has 0 saturated heterocycles. The third-order valence-electron chi connectivity index (χ3n) is 2.48. The summed E-state index contributed by atoms with van der Waals surface area (Å²) in [7, 11) is 0. The Labute approximate surface area is 104 Å². The number of hydrogen-bond donors (Lipinski definition) is 3. The number of benzene rings is 1. The first-order chi connectivity index (χ1) is 8.56. The molecule has 0 spiro atoms. The summed E-state index contributed by atoms with van der Waals surface area (Å²) in [5.74, 6) is -1.04. The maximum Gasteiger partial charge on any atom is 0.337 e. The van der Waals surface area contributed by atoms with Gasteiger partial charge < -0.3 is 16.2 Å². The van der Waals surface area contributed by atoms with Crippen molar-refractivity contribution in [2.24, 2.45) is 0 Å². The first-order valence-corrected chi connectivity index (χ1v) is 5.39. The van der Waals surface area contributed by atoms with Gasteiger partial charge in [0.2, 0.25) is 0 Å². The highest BCUT2D eigenvalue weighted by molar-refractivity contribution is 5.95. The van der Waals surface area contributed by atoms with E-state index in [-0.39, 0.29) is 11.3 Å². The lowest BCUT2D eigenvalue weighted by atomic mass is 10.1. The van der Waals surface area contributed by atoms with Crippen LogP contribution in [0.2, 0.25) is 0 Å². The number of carbonyl (C=O) groups is 1. The summed E-state index contributed by atoms with van der Waals surface area (Å²) in [5.41, 5.74) is 8.28. The Balaban J connectivity index is 2.27. The van der Waals surface area contributed by atoms with E-state index in [9.17, 15) is 4.79 Å². The molecular formula is C13H13N3O2. The van der Waals surface area contributed by atoms with Gasteiger partial charge in [0, 0.05) is 17.1 Å². The highest BCUT2D eigenvalue weighted by Gasteiger charge is 2.08. The molecule has 4 N–H and O–H groups in total. The number of nitrogen functional groups attached to an aromatic ring is 1. The van der Waals surface area contributed by atoms with Gasteiger partial charge in [-0.1, -0.05) is 0 Å². The van der Waals surface area contributed by atoms with Crippen molar-refractivity contribution in [3.63, 3.8) is 0 Å². The molecule has 0 fully saturated rings. The van der Waals surface area contributed by atoms with Crippen molar-refractivity contribution in [1.29, 1.82) is 0 Å². The van der Waals surface area contributed by atoms with Crippen LogP contribution >= 0.6 is 0 Å². The number of aromatic nitrogens is 1. The van der Waals surface area contributed by atoms with Crippen molar-refractivity contribution in [3.05, 3.63) is 47.8 Å². The highest BCUT2D eigenvalue weighted by Crippen LogP contribution is 2.21. The van der Waals surface area contributed by atoms with Crippen LogP contribution in [0.5, 0.6) is 0 Å². The number of carboxylic acid groups (broad SMARTS) is 1. The Kier molecular flexibility index (Phi) is 3.14. The molecule has 1 aromatic heterocycles. The summed E-state index contributed by atoms with van der Waals surface area (Å²) in [6.07, 6.45) is 1.69. The Morgan fingerprint density at radius 3 is 2.61 bits per heavy atom. The maximum atomic E-state index is 11.0. The second kappa shape index (κ2) is 4.75. The number of pyridine rings is 1. The zero-order chi connectivity index (χ0) is 13.1. The standard InChI is InChI=1S/C13H13N3O2/c1-8-2-3-10(7-15-8)16-9-4-5-12(14)11(6-9)13(17)18/h2-7,16H,14H2,1H3,(H,17,18). The molecule has 2 aromatic rings. The molecule has 0 unspecified atom stereocenters. The summed E-state index contributed by atoms with van der Waals surface area (Å²) in [4.78, 5) is 15.1. The van der Waals surface area contributed by atoms with E-state index in [1.807, 2.05) is 19.1 Å². The fourth-order valence-electron chi connectivity index (χ4n) is 1.53. The second-order valence-electron chi connectivity index (χ2n) is 3.92. The van der Waals surface area contributed by atoms with Crippen molar-refractivity contribution in [2.45, 2.75) is 6.92 Å². The van der Waals surface area contributed by atoms with E-state index in [0.717, 1.165) is 11.4 Å². The van der Waals surface area contributed by atoms with Crippen LogP contribution in [0.4, 0.5) is 17.1 Å².